The summed E-state index contributed by atoms with van der Waals surface area (Å²) in [6.45, 7) is 8.79. The van der Waals surface area contributed by atoms with Crippen LogP contribution in [-0.2, 0) is 11.8 Å². The minimum Gasteiger partial charge on any atom is -0.380 e. The Balaban J connectivity index is 1.49. The zero-order chi connectivity index (χ0) is 24.2. The summed E-state index contributed by atoms with van der Waals surface area (Å²) in [7, 11) is 1.62. The molecule has 1 atom stereocenters. The smallest absolute Gasteiger partial charge is 0.266 e. The van der Waals surface area contributed by atoms with Crippen LogP contribution in [0, 0.1) is 11.2 Å². The summed E-state index contributed by atoms with van der Waals surface area (Å²) in [5.74, 6) is -0.597. The van der Waals surface area contributed by atoms with Gasteiger partial charge in [-0.15, -0.1) is 0 Å². The fourth-order valence-corrected chi connectivity index (χ4v) is 4.64. The predicted molar refractivity (Wildman–Crippen MR) is 122 cm³/mol. The summed E-state index contributed by atoms with van der Waals surface area (Å²) in [4.78, 5) is 23.6. The first kappa shape index (κ1) is 22.4. The third-order valence-corrected chi connectivity index (χ3v) is 6.68. The average Bonchev–Trinajstić information content (AvgIpc) is 2.74. The van der Waals surface area contributed by atoms with Crippen LogP contribution in [0.5, 0.6) is 0 Å². The van der Waals surface area contributed by atoms with E-state index in [1.807, 2.05) is 0 Å². The van der Waals surface area contributed by atoms with Gasteiger partial charge in [0.2, 0.25) is 0 Å². The van der Waals surface area contributed by atoms with Gasteiger partial charge in [-0.2, -0.15) is 0 Å². The summed E-state index contributed by atoms with van der Waals surface area (Å²) < 4.78 is 47.7. The predicted octanol–water partition coefficient (Wildman–Crippen LogP) is 3.88. The number of pyridine rings is 1. The van der Waals surface area contributed by atoms with E-state index in [9.17, 15) is 18.0 Å². The number of anilines is 1. The molecule has 3 aromatic rings. The quantitative estimate of drug-likeness (QED) is 0.588. The number of hydrogen-bond donors (Lipinski definition) is 1. The Morgan fingerprint density at radius 1 is 1.24 bits per heavy atom. The first-order valence-electron chi connectivity index (χ1n) is 10.9. The number of alkyl halides is 2. The molecule has 10 heteroatoms. The molecule has 0 radical (unpaired) electrons. The Morgan fingerprint density at radius 3 is 2.59 bits per heavy atom. The Labute approximate surface area is 193 Å². The standard InChI is InChI=1S/C24H24F3N5O2/c1-13(15-5-4-6-16(19(15)25)20(26)27)30-21-18-7-17(23(33)31(3)22(18)29-12-28-21)14(2)32-8-24(9-32)10-34-11-24/h4-7,12-13,20H,2,8-11H2,1,3H3,(H,28,29,30)/t13-/m1/s1. The molecule has 2 fully saturated rings. The number of likely N-dealkylation sites (tertiary alicyclic amines) is 1. The number of hydrogen-bond acceptors (Lipinski definition) is 6. The fraction of sp³-hybridized carbons (Fsp3) is 0.375. The van der Waals surface area contributed by atoms with Gasteiger partial charge in [0.1, 0.15) is 23.6 Å². The normalized spacial score (nSPS) is 17.5. The molecule has 1 aromatic carbocycles. The molecule has 2 aliphatic rings. The van der Waals surface area contributed by atoms with E-state index in [0.717, 1.165) is 32.4 Å². The highest BCUT2D eigenvalue weighted by molar-refractivity contribution is 5.89. The number of ether oxygens (including phenoxy) is 1. The number of halogens is 3. The molecular weight excluding hydrogens is 447 g/mol. The van der Waals surface area contributed by atoms with Crippen molar-refractivity contribution in [1.29, 1.82) is 0 Å². The summed E-state index contributed by atoms with van der Waals surface area (Å²) in [5.41, 5.74) is 0.779. The van der Waals surface area contributed by atoms with Gasteiger partial charge in [0.25, 0.3) is 12.0 Å². The van der Waals surface area contributed by atoms with Gasteiger partial charge in [0.05, 0.1) is 41.2 Å². The zero-order valence-electron chi connectivity index (χ0n) is 18.8. The summed E-state index contributed by atoms with van der Waals surface area (Å²) in [5, 5.41) is 3.64. The first-order valence-corrected chi connectivity index (χ1v) is 10.9. The molecule has 2 saturated heterocycles. The van der Waals surface area contributed by atoms with Crippen molar-refractivity contribution in [3.05, 3.63) is 70.0 Å². The zero-order valence-corrected chi connectivity index (χ0v) is 18.8. The van der Waals surface area contributed by atoms with Crippen LogP contribution in [-0.4, -0.2) is 45.7 Å². The Morgan fingerprint density at radius 2 is 1.94 bits per heavy atom. The van der Waals surface area contributed by atoms with Crippen molar-refractivity contribution in [2.75, 3.05) is 31.6 Å². The second-order valence-electron chi connectivity index (χ2n) is 9.09. The fourth-order valence-electron chi connectivity index (χ4n) is 4.64. The van der Waals surface area contributed by atoms with E-state index in [0.29, 0.717) is 28.1 Å². The maximum atomic E-state index is 14.7. The molecule has 34 heavy (non-hydrogen) atoms. The molecule has 0 unspecified atom stereocenters. The molecule has 2 aliphatic heterocycles. The Bertz CT molecular complexity index is 1340. The lowest BCUT2D eigenvalue weighted by molar-refractivity contribution is -0.173. The summed E-state index contributed by atoms with van der Waals surface area (Å²) in [6.07, 6.45) is -1.62. The highest BCUT2D eigenvalue weighted by Crippen LogP contribution is 2.41. The lowest BCUT2D eigenvalue weighted by Gasteiger charge is -2.56. The number of rotatable bonds is 6. The van der Waals surface area contributed by atoms with E-state index in [1.165, 1.54) is 23.0 Å². The highest BCUT2D eigenvalue weighted by atomic mass is 19.3. The van der Waals surface area contributed by atoms with Crippen LogP contribution in [0.1, 0.15) is 36.1 Å². The minimum absolute atomic E-state index is 0.0904. The molecule has 0 aliphatic carbocycles. The van der Waals surface area contributed by atoms with Gasteiger partial charge in [-0.1, -0.05) is 24.8 Å². The van der Waals surface area contributed by atoms with E-state index < -0.39 is 23.8 Å². The van der Waals surface area contributed by atoms with Crippen molar-refractivity contribution in [2.45, 2.75) is 19.4 Å². The maximum Gasteiger partial charge on any atom is 0.266 e. The lowest BCUT2D eigenvalue weighted by Crippen LogP contribution is -2.65. The second kappa shape index (κ2) is 8.12. The van der Waals surface area contributed by atoms with Gasteiger partial charge < -0.3 is 15.0 Å². The van der Waals surface area contributed by atoms with Crippen molar-refractivity contribution in [2.24, 2.45) is 12.5 Å². The second-order valence-corrected chi connectivity index (χ2v) is 9.09. The molecule has 1 spiro atoms. The van der Waals surface area contributed by atoms with Crippen LogP contribution >= 0.6 is 0 Å². The van der Waals surface area contributed by atoms with Gasteiger partial charge >= 0.3 is 0 Å². The molecule has 0 amide bonds. The monoisotopic (exact) mass is 471 g/mol. The molecule has 7 nitrogen and oxygen atoms in total. The van der Waals surface area contributed by atoms with Crippen LogP contribution in [0.25, 0.3) is 16.7 Å². The van der Waals surface area contributed by atoms with Crippen LogP contribution in [0.2, 0.25) is 0 Å². The molecule has 4 heterocycles. The van der Waals surface area contributed by atoms with Crippen molar-refractivity contribution in [3.63, 3.8) is 0 Å². The van der Waals surface area contributed by atoms with E-state index in [1.54, 1.807) is 20.0 Å². The molecular formula is C24H24F3N5O2. The minimum atomic E-state index is -2.91. The number of aromatic nitrogens is 3. The van der Waals surface area contributed by atoms with Gasteiger partial charge in [0.15, 0.2) is 0 Å². The average molecular weight is 471 g/mol. The van der Waals surface area contributed by atoms with Gasteiger partial charge in [-0.05, 0) is 13.0 Å². The summed E-state index contributed by atoms with van der Waals surface area (Å²) in [6, 6.07) is 4.93. The number of fused-ring (bicyclic) bond motifs is 1. The van der Waals surface area contributed by atoms with Crippen LogP contribution in [0.3, 0.4) is 0 Å². The molecule has 5 rings (SSSR count). The topological polar surface area (TPSA) is 72.3 Å². The number of nitrogens with one attached hydrogen (secondary N) is 1. The Hall–Kier alpha value is -3.40. The maximum absolute atomic E-state index is 14.7. The molecule has 2 aromatic heterocycles. The third kappa shape index (κ3) is 3.53. The van der Waals surface area contributed by atoms with Crippen LogP contribution in [0.4, 0.5) is 19.0 Å². The number of benzene rings is 1. The van der Waals surface area contributed by atoms with Gasteiger partial charge in [0, 0.05) is 31.4 Å². The van der Waals surface area contributed by atoms with Crippen molar-refractivity contribution < 1.29 is 17.9 Å². The molecule has 0 bridgehead atoms. The van der Waals surface area contributed by atoms with Crippen molar-refractivity contribution in [1.82, 2.24) is 19.4 Å². The number of nitrogens with zero attached hydrogens (tertiary/aromatic N) is 4. The first-order chi connectivity index (χ1) is 16.2. The van der Waals surface area contributed by atoms with E-state index >= 15 is 0 Å². The number of aryl methyl sites for hydroxylation is 1. The van der Waals surface area contributed by atoms with E-state index in [2.05, 4.69) is 26.8 Å². The van der Waals surface area contributed by atoms with Gasteiger partial charge in [-0.3, -0.25) is 9.36 Å². The van der Waals surface area contributed by atoms with Crippen LogP contribution in [0.15, 0.2) is 42.0 Å². The third-order valence-electron chi connectivity index (χ3n) is 6.68. The Kier molecular flexibility index (Phi) is 5.35. The highest BCUT2D eigenvalue weighted by Gasteiger charge is 2.49. The molecule has 178 valence electrons. The van der Waals surface area contributed by atoms with Crippen molar-refractivity contribution in [3.8, 4) is 0 Å². The summed E-state index contributed by atoms with van der Waals surface area (Å²) >= 11 is 0. The SMILES string of the molecule is C=C(c1cc2c(N[C@H](C)c3cccc(C(F)F)c3F)ncnc2n(C)c1=O)N1CC2(COC2)C1. The van der Waals surface area contributed by atoms with E-state index in [-0.39, 0.29) is 16.5 Å². The van der Waals surface area contributed by atoms with Crippen molar-refractivity contribution >= 4 is 22.5 Å². The van der Waals surface area contributed by atoms with Gasteiger partial charge in [-0.25, -0.2) is 23.1 Å². The largest absolute Gasteiger partial charge is 0.380 e. The van der Waals surface area contributed by atoms with E-state index in [4.69, 9.17) is 4.74 Å². The molecule has 1 N–H and O–H groups in total. The lowest BCUT2D eigenvalue weighted by atomic mass is 9.77. The molecule has 0 saturated carbocycles. The van der Waals surface area contributed by atoms with Crippen LogP contribution < -0.4 is 10.9 Å².